The largest absolute Gasteiger partial charge is 0.482 e. The fraction of sp³-hybridized carbons (Fsp3) is 0.579. The molecular formula is C19H22Cl2N2O2S. The lowest BCUT2D eigenvalue weighted by atomic mass is 9.54. The van der Waals surface area contributed by atoms with Gasteiger partial charge in [0.05, 0.1) is 5.02 Å². The van der Waals surface area contributed by atoms with Crippen molar-refractivity contribution >= 4 is 46.4 Å². The van der Waals surface area contributed by atoms with Crippen LogP contribution in [0.2, 0.25) is 10.0 Å². The van der Waals surface area contributed by atoms with E-state index in [-0.39, 0.29) is 12.5 Å². The Hall–Kier alpha value is -1.04. The Morgan fingerprint density at radius 2 is 1.77 bits per heavy atom. The minimum atomic E-state index is -0.294. The number of carbonyl (C=O) groups excluding carboxylic acids is 1. The van der Waals surface area contributed by atoms with Crippen LogP contribution in [-0.2, 0) is 4.79 Å². The van der Waals surface area contributed by atoms with Crippen molar-refractivity contribution in [2.45, 2.75) is 38.1 Å². The molecule has 0 atom stereocenters. The average molecular weight is 413 g/mol. The molecule has 140 valence electrons. The second kappa shape index (κ2) is 7.53. The Kier molecular flexibility index (Phi) is 5.31. The topological polar surface area (TPSA) is 50.4 Å². The number of amides is 1. The average Bonchev–Trinajstić information content (AvgIpc) is 2.56. The number of thiocarbonyl (C=S) groups is 1. The van der Waals surface area contributed by atoms with Crippen molar-refractivity contribution in [3.05, 3.63) is 28.2 Å². The molecule has 4 saturated carbocycles. The van der Waals surface area contributed by atoms with Crippen molar-refractivity contribution < 1.29 is 9.53 Å². The van der Waals surface area contributed by atoms with Crippen LogP contribution in [0.1, 0.15) is 32.1 Å². The summed E-state index contributed by atoms with van der Waals surface area (Å²) < 4.78 is 5.45. The normalized spacial score (nSPS) is 31.5. The molecule has 0 spiro atoms. The molecule has 4 nitrogen and oxygen atoms in total. The van der Waals surface area contributed by atoms with Crippen LogP contribution >= 0.6 is 35.4 Å². The second-order valence-electron chi connectivity index (χ2n) is 7.84. The van der Waals surface area contributed by atoms with Gasteiger partial charge in [-0.1, -0.05) is 23.2 Å². The summed E-state index contributed by atoms with van der Waals surface area (Å²) in [4.78, 5) is 12.1. The SMILES string of the molecule is O=C(COc1ccc(Cl)cc1Cl)NC(=S)NC1C2CC3CC(C2)CC1C3. The van der Waals surface area contributed by atoms with Gasteiger partial charge in [0.25, 0.3) is 5.91 Å². The van der Waals surface area contributed by atoms with Crippen LogP contribution in [0, 0.1) is 23.7 Å². The lowest BCUT2D eigenvalue weighted by molar-refractivity contribution is -0.121. The molecule has 0 unspecified atom stereocenters. The number of hydrogen-bond acceptors (Lipinski definition) is 3. The third kappa shape index (κ3) is 3.95. The number of hydrogen-bond donors (Lipinski definition) is 2. The van der Waals surface area contributed by atoms with Crippen LogP contribution in [-0.4, -0.2) is 23.7 Å². The van der Waals surface area contributed by atoms with Gasteiger partial charge in [-0.2, -0.15) is 0 Å². The summed E-state index contributed by atoms with van der Waals surface area (Å²) in [5.74, 6) is 3.35. The van der Waals surface area contributed by atoms with E-state index in [1.165, 1.54) is 32.1 Å². The molecular weight excluding hydrogens is 391 g/mol. The summed E-state index contributed by atoms with van der Waals surface area (Å²) in [6.07, 6.45) is 6.64. The Morgan fingerprint density at radius 1 is 1.12 bits per heavy atom. The van der Waals surface area contributed by atoms with E-state index < -0.39 is 0 Å². The molecule has 0 saturated heterocycles. The van der Waals surface area contributed by atoms with Crippen LogP contribution in [0.3, 0.4) is 0 Å². The highest BCUT2D eigenvalue weighted by Gasteiger charge is 2.48. The van der Waals surface area contributed by atoms with Gasteiger partial charge in [-0.3, -0.25) is 4.79 Å². The zero-order valence-corrected chi connectivity index (χ0v) is 16.7. The van der Waals surface area contributed by atoms with E-state index in [1.54, 1.807) is 18.2 Å². The third-order valence-corrected chi connectivity index (χ3v) is 6.78. The molecule has 4 bridgehead atoms. The van der Waals surface area contributed by atoms with E-state index in [0.717, 1.165) is 11.8 Å². The predicted molar refractivity (Wildman–Crippen MR) is 107 cm³/mol. The lowest BCUT2D eigenvalue weighted by Crippen LogP contribution is -2.58. The summed E-state index contributed by atoms with van der Waals surface area (Å²) in [7, 11) is 0. The van der Waals surface area contributed by atoms with Gasteiger partial charge < -0.3 is 15.4 Å². The van der Waals surface area contributed by atoms with Gasteiger partial charge in [-0.25, -0.2) is 0 Å². The van der Waals surface area contributed by atoms with Crippen molar-refractivity contribution in [1.29, 1.82) is 0 Å². The molecule has 26 heavy (non-hydrogen) atoms. The van der Waals surface area contributed by atoms with Crippen LogP contribution < -0.4 is 15.4 Å². The first kappa shape index (κ1) is 18.3. The monoisotopic (exact) mass is 412 g/mol. The molecule has 0 aliphatic heterocycles. The number of nitrogens with one attached hydrogen (secondary N) is 2. The minimum absolute atomic E-state index is 0.148. The van der Waals surface area contributed by atoms with Crippen LogP contribution in [0.4, 0.5) is 0 Å². The molecule has 0 heterocycles. The van der Waals surface area contributed by atoms with Crippen molar-refractivity contribution in [2.75, 3.05) is 6.61 Å². The van der Waals surface area contributed by atoms with Gasteiger partial charge >= 0.3 is 0 Å². The predicted octanol–water partition coefficient (Wildman–Crippen LogP) is 4.19. The van der Waals surface area contributed by atoms with Gasteiger partial charge in [0.2, 0.25) is 0 Å². The maximum absolute atomic E-state index is 12.1. The molecule has 4 aliphatic carbocycles. The van der Waals surface area contributed by atoms with E-state index >= 15 is 0 Å². The lowest BCUT2D eigenvalue weighted by Gasteiger charge is -2.54. The summed E-state index contributed by atoms with van der Waals surface area (Å²) in [5, 5.41) is 7.43. The molecule has 2 N–H and O–H groups in total. The number of ether oxygens (including phenoxy) is 1. The van der Waals surface area contributed by atoms with E-state index in [2.05, 4.69) is 10.6 Å². The van der Waals surface area contributed by atoms with E-state index in [0.29, 0.717) is 38.8 Å². The number of benzene rings is 1. The standard InChI is InChI=1S/C19H22Cl2N2O2S/c20-14-1-2-16(15(21)8-14)25-9-17(24)22-19(26)23-18-12-4-10-3-11(6-12)7-13(18)5-10/h1-2,8,10-13,18H,3-7,9H2,(H2,22,23,24,26). The molecule has 0 radical (unpaired) electrons. The number of carbonyl (C=O) groups is 1. The smallest absolute Gasteiger partial charge is 0.264 e. The van der Waals surface area contributed by atoms with Crippen LogP contribution in [0.25, 0.3) is 0 Å². The maximum Gasteiger partial charge on any atom is 0.264 e. The van der Waals surface area contributed by atoms with E-state index in [4.69, 9.17) is 40.2 Å². The molecule has 4 fully saturated rings. The quantitative estimate of drug-likeness (QED) is 0.727. The first-order chi connectivity index (χ1) is 12.5. The highest BCUT2D eigenvalue weighted by atomic mass is 35.5. The first-order valence-electron chi connectivity index (χ1n) is 9.16. The second-order valence-corrected chi connectivity index (χ2v) is 9.09. The van der Waals surface area contributed by atoms with Crippen LogP contribution in [0.15, 0.2) is 18.2 Å². The highest BCUT2D eigenvalue weighted by molar-refractivity contribution is 7.80. The van der Waals surface area contributed by atoms with Crippen LogP contribution in [0.5, 0.6) is 5.75 Å². The molecule has 4 aliphatic rings. The van der Waals surface area contributed by atoms with Gasteiger partial charge in [0.1, 0.15) is 5.75 Å². The molecule has 5 rings (SSSR count). The number of halogens is 2. The summed E-state index contributed by atoms with van der Waals surface area (Å²) in [5.41, 5.74) is 0. The van der Waals surface area contributed by atoms with Gasteiger partial charge in [0, 0.05) is 11.1 Å². The van der Waals surface area contributed by atoms with E-state index in [9.17, 15) is 4.79 Å². The molecule has 7 heteroatoms. The summed E-state index contributed by atoms with van der Waals surface area (Å²) in [6, 6.07) is 5.29. The zero-order chi connectivity index (χ0) is 18.3. The molecule has 1 aromatic carbocycles. The molecule has 1 aromatic rings. The molecule has 0 aromatic heterocycles. The third-order valence-electron chi connectivity index (χ3n) is 6.03. The van der Waals surface area contributed by atoms with Gasteiger partial charge in [-0.15, -0.1) is 0 Å². The maximum atomic E-state index is 12.1. The first-order valence-corrected chi connectivity index (χ1v) is 10.3. The summed E-state index contributed by atoms with van der Waals surface area (Å²) in [6.45, 7) is -0.148. The Morgan fingerprint density at radius 3 is 2.38 bits per heavy atom. The van der Waals surface area contributed by atoms with Crippen molar-refractivity contribution in [3.63, 3.8) is 0 Å². The Bertz CT molecular complexity index is 699. The zero-order valence-electron chi connectivity index (χ0n) is 14.3. The Labute approximate surface area is 168 Å². The fourth-order valence-electron chi connectivity index (χ4n) is 5.25. The summed E-state index contributed by atoms with van der Waals surface area (Å²) >= 11 is 17.2. The van der Waals surface area contributed by atoms with Gasteiger partial charge in [0.15, 0.2) is 11.7 Å². The minimum Gasteiger partial charge on any atom is -0.482 e. The van der Waals surface area contributed by atoms with Crippen molar-refractivity contribution in [2.24, 2.45) is 23.7 Å². The fourth-order valence-corrected chi connectivity index (χ4v) is 5.96. The van der Waals surface area contributed by atoms with Gasteiger partial charge in [-0.05, 0) is 86.2 Å². The van der Waals surface area contributed by atoms with Crippen molar-refractivity contribution in [3.8, 4) is 5.75 Å². The van der Waals surface area contributed by atoms with E-state index in [1.807, 2.05) is 0 Å². The number of rotatable bonds is 4. The molecule has 1 amide bonds. The Balaban J connectivity index is 1.26. The highest BCUT2D eigenvalue weighted by Crippen LogP contribution is 2.53. The van der Waals surface area contributed by atoms with Crippen molar-refractivity contribution in [1.82, 2.24) is 10.6 Å².